The summed E-state index contributed by atoms with van der Waals surface area (Å²) in [5.74, 6) is -0.0239. The highest BCUT2D eigenvalue weighted by Gasteiger charge is 2.17. The summed E-state index contributed by atoms with van der Waals surface area (Å²) < 4.78 is 0. The number of H-pyrrole nitrogens is 1. The van der Waals surface area contributed by atoms with Gasteiger partial charge >= 0.3 is 0 Å². The predicted molar refractivity (Wildman–Crippen MR) is 96.0 cm³/mol. The summed E-state index contributed by atoms with van der Waals surface area (Å²) in [4.78, 5) is 20.2. The maximum Gasteiger partial charge on any atom is 0.237 e. The molecule has 0 saturated heterocycles. The van der Waals surface area contributed by atoms with Crippen LogP contribution in [0.5, 0.6) is 0 Å². The first kappa shape index (κ1) is 15.6. The number of fused-ring (bicyclic) bond motifs is 1. The number of hydrogen-bond acceptors (Lipinski definition) is 3. The number of hydrogen-bond donors (Lipinski definition) is 2. The summed E-state index contributed by atoms with van der Waals surface area (Å²) in [6, 6.07) is 13.8. The quantitative estimate of drug-likeness (QED) is 0.703. The SMILES string of the molecule is Cc1cccc(NC(=O)[C@@H](C)Sc2nc3ccccc3[nH]2)c1C. The van der Waals surface area contributed by atoms with Crippen LogP contribution in [0.25, 0.3) is 11.0 Å². The number of imidazole rings is 1. The second kappa shape index (κ2) is 6.46. The highest BCUT2D eigenvalue weighted by atomic mass is 32.2. The van der Waals surface area contributed by atoms with Crippen LogP contribution in [0.15, 0.2) is 47.6 Å². The Morgan fingerprint density at radius 3 is 2.74 bits per heavy atom. The highest BCUT2D eigenvalue weighted by Crippen LogP contribution is 2.25. The maximum absolute atomic E-state index is 12.4. The van der Waals surface area contributed by atoms with Gasteiger partial charge < -0.3 is 10.3 Å². The molecule has 1 atom stereocenters. The Hall–Kier alpha value is -2.27. The molecule has 5 heteroatoms. The molecular weight excluding hydrogens is 306 g/mol. The third kappa shape index (κ3) is 3.40. The zero-order valence-electron chi connectivity index (χ0n) is 13.4. The van der Waals surface area contributed by atoms with E-state index in [4.69, 9.17) is 0 Å². The van der Waals surface area contributed by atoms with Gasteiger partial charge in [-0.1, -0.05) is 36.0 Å². The molecule has 118 valence electrons. The van der Waals surface area contributed by atoms with Crippen molar-refractivity contribution < 1.29 is 4.79 Å². The van der Waals surface area contributed by atoms with Crippen molar-refractivity contribution in [2.24, 2.45) is 0 Å². The van der Waals surface area contributed by atoms with Crippen molar-refractivity contribution in [1.82, 2.24) is 9.97 Å². The Labute approximate surface area is 139 Å². The predicted octanol–water partition coefficient (Wildman–Crippen LogP) is 4.30. The van der Waals surface area contributed by atoms with Crippen LogP contribution in [0.4, 0.5) is 5.69 Å². The number of para-hydroxylation sites is 2. The van der Waals surface area contributed by atoms with Crippen molar-refractivity contribution in [3.05, 3.63) is 53.6 Å². The number of amides is 1. The van der Waals surface area contributed by atoms with Crippen molar-refractivity contribution in [2.45, 2.75) is 31.2 Å². The van der Waals surface area contributed by atoms with Crippen LogP contribution in [0, 0.1) is 13.8 Å². The van der Waals surface area contributed by atoms with Crippen molar-refractivity contribution in [3.8, 4) is 0 Å². The molecular formula is C18H19N3OS. The zero-order valence-corrected chi connectivity index (χ0v) is 14.2. The van der Waals surface area contributed by atoms with Crippen LogP contribution < -0.4 is 5.32 Å². The summed E-state index contributed by atoms with van der Waals surface area (Å²) in [5, 5.41) is 3.52. The van der Waals surface area contributed by atoms with Gasteiger partial charge in [-0.25, -0.2) is 4.98 Å². The summed E-state index contributed by atoms with van der Waals surface area (Å²) in [6.07, 6.45) is 0. The van der Waals surface area contributed by atoms with Gasteiger partial charge in [0.1, 0.15) is 0 Å². The van der Waals surface area contributed by atoms with Gasteiger partial charge in [0.15, 0.2) is 5.16 Å². The second-order valence-corrected chi connectivity index (χ2v) is 6.89. The summed E-state index contributed by atoms with van der Waals surface area (Å²) >= 11 is 1.43. The Balaban J connectivity index is 1.71. The van der Waals surface area contributed by atoms with E-state index in [0.717, 1.165) is 27.4 Å². The van der Waals surface area contributed by atoms with E-state index in [1.165, 1.54) is 17.3 Å². The third-order valence-corrected chi connectivity index (χ3v) is 4.87. The largest absolute Gasteiger partial charge is 0.333 e. The molecule has 3 rings (SSSR count). The van der Waals surface area contributed by atoms with Gasteiger partial charge in [-0.3, -0.25) is 4.79 Å². The fourth-order valence-electron chi connectivity index (χ4n) is 2.33. The third-order valence-electron chi connectivity index (χ3n) is 3.89. The van der Waals surface area contributed by atoms with Gasteiger partial charge in [0.2, 0.25) is 5.91 Å². The van der Waals surface area contributed by atoms with Crippen LogP contribution >= 0.6 is 11.8 Å². The molecule has 0 radical (unpaired) electrons. The zero-order chi connectivity index (χ0) is 16.4. The molecule has 1 aromatic heterocycles. The average molecular weight is 325 g/mol. The fraction of sp³-hybridized carbons (Fsp3) is 0.222. The number of nitrogens with zero attached hydrogens (tertiary/aromatic N) is 1. The van der Waals surface area contributed by atoms with Gasteiger partial charge in [0.05, 0.1) is 16.3 Å². The van der Waals surface area contributed by atoms with Crippen molar-refractivity contribution in [3.63, 3.8) is 0 Å². The minimum absolute atomic E-state index is 0.0239. The van der Waals surface area contributed by atoms with E-state index in [-0.39, 0.29) is 11.2 Å². The van der Waals surface area contributed by atoms with Gasteiger partial charge in [-0.05, 0) is 50.1 Å². The number of rotatable bonds is 4. The molecule has 4 nitrogen and oxygen atoms in total. The van der Waals surface area contributed by atoms with E-state index >= 15 is 0 Å². The van der Waals surface area contributed by atoms with Gasteiger partial charge in [-0.2, -0.15) is 0 Å². The topological polar surface area (TPSA) is 57.8 Å². The number of aromatic nitrogens is 2. The molecule has 0 spiro atoms. The highest BCUT2D eigenvalue weighted by molar-refractivity contribution is 8.00. The first-order valence-electron chi connectivity index (χ1n) is 7.53. The minimum Gasteiger partial charge on any atom is -0.333 e. The van der Waals surface area contributed by atoms with Crippen LogP contribution in [-0.4, -0.2) is 21.1 Å². The van der Waals surface area contributed by atoms with E-state index in [2.05, 4.69) is 15.3 Å². The standard InChI is InChI=1S/C18H19N3OS/c1-11-7-6-10-14(12(11)2)19-17(22)13(3)23-18-20-15-8-4-5-9-16(15)21-18/h4-10,13H,1-3H3,(H,19,22)(H,20,21)/t13-/m1/s1. The molecule has 0 fully saturated rings. The number of benzene rings is 2. The number of nitrogens with one attached hydrogen (secondary N) is 2. The minimum atomic E-state index is -0.240. The Morgan fingerprint density at radius 1 is 1.17 bits per heavy atom. The summed E-state index contributed by atoms with van der Waals surface area (Å²) in [5.41, 5.74) is 5.03. The molecule has 0 unspecified atom stereocenters. The number of anilines is 1. The number of aromatic amines is 1. The number of carbonyl (C=O) groups is 1. The van der Waals surface area contributed by atoms with Crippen molar-refractivity contribution in [1.29, 1.82) is 0 Å². The van der Waals surface area contributed by atoms with E-state index in [1.807, 2.05) is 63.2 Å². The number of thioether (sulfide) groups is 1. The molecule has 2 N–H and O–H groups in total. The molecule has 2 aromatic carbocycles. The lowest BCUT2D eigenvalue weighted by Gasteiger charge is -2.13. The number of carbonyl (C=O) groups excluding carboxylic acids is 1. The molecule has 3 aromatic rings. The second-order valence-electron chi connectivity index (χ2n) is 5.56. The lowest BCUT2D eigenvalue weighted by atomic mass is 10.1. The summed E-state index contributed by atoms with van der Waals surface area (Å²) in [6.45, 7) is 5.94. The monoisotopic (exact) mass is 325 g/mol. The fourth-order valence-corrected chi connectivity index (χ4v) is 3.15. The van der Waals surface area contributed by atoms with E-state index in [0.29, 0.717) is 0 Å². The molecule has 1 amide bonds. The average Bonchev–Trinajstić information content (AvgIpc) is 2.93. The summed E-state index contributed by atoms with van der Waals surface area (Å²) in [7, 11) is 0. The van der Waals surface area contributed by atoms with Crippen LogP contribution in [0.2, 0.25) is 0 Å². The first-order valence-corrected chi connectivity index (χ1v) is 8.41. The van der Waals surface area contributed by atoms with Crippen LogP contribution in [0.3, 0.4) is 0 Å². The lowest BCUT2D eigenvalue weighted by Crippen LogP contribution is -2.23. The van der Waals surface area contributed by atoms with E-state index in [1.54, 1.807) is 0 Å². The molecule has 0 aliphatic heterocycles. The lowest BCUT2D eigenvalue weighted by molar-refractivity contribution is -0.115. The van der Waals surface area contributed by atoms with Crippen molar-refractivity contribution >= 4 is 34.4 Å². The van der Waals surface area contributed by atoms with Gasteiger partial charge in [-0.15, -0.1) is 0 Å². The van der Waals surface area contributed by atoms with Gasteiger partial charge in [0, 0.05) is 5.69 Å². The van der Waals surface area contributed by atoms with Crippen molar-refractivity contribution in [2.75, 3.05) is 5.32 Å². The number of aryl methyl sites for hydroxylation is 1. The molecule has 0 aliphatic rings. The van der Waals surface area contributed by atoms with Gasteiger partial charge in [0.25, 0.3) is 0 Å². The van der Waals surface area contributed by atoms with E-state index < -0.39 is 0 Å². The van der Waals surface area contributed by atoms with E-state index in [9.17, 15) is 4.79 Å². The molecule has 0 aliphatic carbocycles. The molecule has 1 heterocycles. The maximum atomic E-state index is 12.4. The smallest absolute Gasteiger partial charge is 0.237 e. The molecule has 0 bridgehead atoms. The molecule has 23 heavy (non-hydrogen) atoms. The Kier molecular flexibility index (Phi) is 4.39. The normalized spacial score (nSPS) is 12.3. The Bertz CT molecular complexity index is 823. The Morgan fingerprint density at radius 2 is 1.96 bits per heavy atom. The first-order chi connectivity index (χ1) is 11.0. The van der Waals surface area contributed by atoms with Crippen LogP contribution in [-0.2, 0) is 4.79 Å². The van der Waals surface area contributed by atoms with Crippen LogP contribution in [0.1, 0.15) is 18.1 Å². The molecule has 0 saturated carbocycles.